The zero-order chi connectivity index (χ0) is 13.7. The van der Waals surface area contributed by atoms with E-state index in [4.69, 9.17) is 27.0 Å². The normalized spacial score (nSPS) is 12.6. The van der Waals surface area contributed by atoms with Gasteiger partial charge < -0.3 is 15.4 Å². The van der Waals surface area contributed by atoms with E-state index in [1.165, 1.54) is 0 Å². The molecule has 0 amide bonds. The number of hydrogen-bond acceptors (Lipinski definition) is 6. The molecule has 19 heavy (non-hydrogen) atoms. The fourth-order valence-electron chi connectivity index (χ4n) is 1.44. The van der Waals surface area contributed by atoms with Crippen molar-refractivity contribution < 1.29 is 9.63 Å². The Bertz CT molecular complexity index is 535. The Morgan fingerprint density at radius 3 is 3.05 bits per heavy atom. The van der Waals surface area contributed by atoms with Crippen molar-refractivity contribution in [1.29, 1.82) is 0 Å². The molecule has 1 unspecified atom stereocenters. The van der Waals surface area contributed by atoms with Crippen LogP contribution in [0.3, 0.4) is 0 Å². The van der Waals surface area contributed by atoms with E-state index in [9.17, 15) is 0 Å². The average molecular weight is 300 g/mol. The first-order valence-electron chi connectivity index (χ1n) is 5.76. The van der Waals surface area contributed by atoms with Crippen LogP contribution in [0.1, 0.15) is 24.2 Å². The Kier molecular flexibility index (Phi) is 5.21. The van der Waals surface area contributed by atoms with Gasteiger partial charge in [-0.2, -0.15) is 4.98 Å². The zero-order valence-corrected chi connectivity index (χ0v) is 11.7. The van der Waals surface area contributed by atoms with Gasteiger partial charge in [0.1, 0.15) is 0 Å². The highest BCUT2D eigenvalue weighted by Crippen LogP contribution is 2.24. The van der Waals surface area contributed by atoms with Crippen LogP contribution >= 0.6 is 23.4 Å². The van der Waals surface area contributed by atoms with E-state index in [2.05, 4.69) is 10.1 Å². The molecule has 7 heteroatoms. The lowest BCUT2D eigenvalue weighted by molar-refractivity contribution is 0.259. The Morgan fingerprint density at radius 2 is 2.32 bits per heavy atom. The van der Waals surface area contributed by atoms with Gasteiger partial charge in [0.25, 0.3) is 0 Å². The molecule has 1 atom stereocenters. The summed E-state index contributed by atoms with van der Waals surface area (Å²) in [5, 5.41) is 13.3. The van der Waals surface area contributed by atoms with Crippen LogP contribution in [0.4, 0.5) is 0 Å². The van der Waals surface area contributed by atoms with E-state index in [1.807, 2.05) is 24.3 Å². The predicted octanol–water partition coefficient (Wildman–Crippen LogP) is 2.40. The van der Waals surface area contributed by atoms with Crippen LogP contribution in [0.25, 0.3) is 0 Å². The van der Waals surface area contributed by atoms with Crippen LogP contribution < -0.4 is 5.73 Å². The molecule has 102 valence electrons. The monoisotopic (exact) mass is 299 g/mol. The summed E-state index contributed by atoms with van der Waals surface area (Å²) in [5.41, 5.74) is 5.77. The molecule has 0 bridgehead atoms. The molecule has 1 aromatic heterocycles. The van der Waals surface area contributed by atoms with Crippen LogP contribution in [0.2, 0.25) is 5.02 Å². The van der Waals surface area contributed by atoms with E-state index in [0.717, 1.165) is 4.90 Å². The molecule has 5 nitrogen and oxygen atoms in total. The Labute approximate surface area is 120 Å². The maximum atomic E-state index is 8.80. The Morgan fingerprint density at radius 1 is 1.47 bits per heavy atom. The van der Waals surface area contributed by atoms with E-state index >= 15 is 0 Å². The summed E-state index contributed by atoms with van der Waals surface area (Å²) in [6, 6.07) is 7.15. The van der Waals surface area contributed by atoms with Crippen LogP contribution in [-0.2, 0) is 5.75 Å². The number of aromatic nitrogens is 2. The van der Waals surface area contributed by atoms with Crippen molar-refractivity contribution in [3.8, 4) is 0 Å². The first kappa shape index (κ1) is 14.3. The highest BCUT2D eigenvalue weighted by atomic mass is 35.5. The van der Waals surface area contributed by atoms with Crippen molar-refractivity contribution >= 4 is 23.4 Å². The van der Waals surface area contributed by atoms with Gasteiger partial charge in [-0.1, -0.05) is 22.8 Å². The largest absolute Gasteiger partial charge is 0.396 e. The molecule has 0 saturated heterocycles. The molecule has 2 rings (SSSR count). The fourth-order valence-corrected chi connectivity index (χ4v) is 2.50. The molecule has 3 N–H and O–H groups in total. The second-order valence-electron chi connectivity index (χ2n) is 3.91. The lowest BCUT2D eigenvalue weighted by atomic mass is 10.2. The van der Waals surface area contributed by atoms with E-state index in [0.29, 0.717) is 28.9 Å². The molecule has 1 heterocycles. The molecular formula is C12H14ClN3O2S. The number of thioether (sulfide) groups is 1. The maximum absolute atomic E-state index is 8.80. The number of nitrogens with zero attached hydrogens (tertiary/aromatic N) is 2. The molecule has 0 saturated carbocycles. The summed E-state index contributed by atoms with van der Waals surface area (Å²) < 4.78 is 5.05. The van der Waals surface area contributed by atoms with E-state index in [-0.39, 0.29) is 6.61 Å². The van der Waals surface area contributed by atoms with E-state index in [1.54, 1.807) is 11.8 Å². The van der Waals surface area contributed by atoms with Crippen molar-refractivity contribution in [3.63, 3.8) is 0 Å². The highest BCUT2D eigenvalue weighted by molar-refractivity contribution is 7.98. The second kappa shape index (κ2) is 6.91. The number of aliphatic hydroxyl groups is 1. The molecule has 0 spiro atoms. The van der Waals surface area contributed by atoms with Gasteiger partial charge in [-0.05, 0) is 24.6 Å². The average Bonchev–Trinajstić information content (AvgIpc) is 2.86. The van der Waals surface area contributed by atoms with Gasteiger partial charge in [-0.3, -0.25) is 0 Å². The first-order valence-corrected chi connectivity index (χ1v) is 7.12. The Balaban J connectivity index is 1.93. The standard InChI is InChI=1S/C12H14ClN3O2S/c13-8-2-1-3-9(6-8)19-7-11-15-12(18-16-11)10(14)4-5-17/h1-3,6,10,17H,4-5,7,14H2. The summed E-state index contributed by atoms with van der Waals surface area (Å²) in [5.74, 6) is 1.51. The van der Waals surface area contributed by atoms with Crippen LogP contribution in [0, 0.1) is 0 Å². The molecule has 0 aliphatic heterocycles. The fraction of sp³-hybridized carbons (Fsp3) is 0.333. The molecule has 0 aliphatic carbocycles. The molecule has 0 aliphatic rings. The summed E-state index contributed by atoms with van der Waals surface area (Å²) in [6.07, 6.45) is 0.406. The highest BCUT2D eigenvalue weighted by Gasteiger charge is 2.14. The first-order chi connectivity index (χ1) is 9.19. The number of hydrogen-bond donors (Lipinski definition) is 2. The quantitative estimate of drug-likeness (QED) is 0.797. The van der Waals surface area contributed by atoms with E-state index < -0.39 is 6.04 Å². The van der Waals surface area contributed by atoms with Gasteiger partial charge in [-0.25, -0.2) is 0 Å². The van der Waals surface area contributed by atoms with Crippen molar-refractivity contribution in [3.05, 3.63) is 41.0 Å². The topological polar surface area (TPSA) is 85.2 Å². The van der Waals surface area contributed by atoms with Crippen molar-refractivity contribution in [2.75, 3.05) is 6.61 Å². The van der Waals surface area contributed by atoms with Crippen molar-refractivity contribution in [2.24, 2.45) is 5.73 Å². The minimum atomic E-state index is -0.414. The van der Waals surface area contributed by atoms with Gasteiger partial charge >= 0.3 is 0 Å². The van der Waals surface area contributed by atoms with Crippen LogP contribution in [0.5, 0.6) is 0 Å². The van der Waals surface area contributed by atoms with Crippen molar-refractivity contribution in [2.45, 2.75) is 23.1 Å². The third-order valence-electron chi connectivity index (χ3n) is 2.41. The summed E-state index contributed by atoms with van der Waals surface area (Å²) in [7, 11) is 0. The second-order valence-corrected chi connectivity index (χ2v) is 5.40. The lowest BCUT2D eigenvalue weighted by Gasteiger charge is -2.01. The minimum Gasteiger partial charge on any atom is -0.396 e. The molecule has 0 radical (unpaired) electrons. The van der Waals surface area contributed by atoms with Gasteiger partial charge in [0.05, 0.1) is 11.8 Å². The summed E-state index contributed by atoms with van der Waals surface area (Å²) >= 11 is 7.47. The van der Waals surface area contributed by atoms with Gasteiger partial charge in [-0.15, -0.1) is 11.8 Å². The summed E-state index contributed by atoms with van der Waals surface area (Å²) in [6.45, 7) is -0.00382. The molecule has 1 aromatic carbocycles. The molecular weight excluding hydrogens is 286 g/mol. The van der Waals surface area contributed by atoms with Crippen molar-refractivity contribution in [1.82, 2.24) is 10.1 Å². The predicted molar refractivity (Wildman–Crippen MR) is 73.9 cm³/mol. The van der Waals surface area contributed by atoms with Gasteiger partial charge in [0.2, 0.25) is 5.89 Å². The minimum absolute atomic E-state index is 0.00382. The zero-order valence-electron chi connectivity index (χ0n) is 10.1. The van der Waals surface area contributed by atoms with Crippen LogP contribution in [-0.4, -0.2) is 21.9 Å². The smallest absolute Gasteiger partial charge is 0.243 e. The molecule has 2 aromatic rings. The SMILES string of the molecule is NC(CCO)c1nc(CSc2cccc(Cl)c2)no1. The number of halogens is 1. The molecule has 0 fully saturated rings. The number of aliphatic hydroxyl groups excluding tert-OH is 1. The third-order valence-corrected chi connectivity index (χ3v) is 3.63. The summed E-state index contributed by atoms with van der Waals surface area (Å²) in [4.78, 5) is 5.24. The van der Waals surface area contributed by atoms with Gasteiger partial charge in [0, 0.05) is 16.5 Å². The van der Waals surface area contributed by atoms with Crippen LogP contribution in [0.15, 0.2) is 33.7 Å². The number of nitrogens with two attached hydrogens (primary N) is 1. The Hall–Kier alpha value is -1.08. The maximum Gasteiger partial charge on any atom is 0.243 e. The number of rotatable bonds is 6. The lowest BCUT2D eigenvalue weighted by Crippen LogP contribution is -2.12. The number of benzene rings is 1. The third kappa shape index (κ3) is 4.21. The van der Waals surface area contributed by atoms with Gasteiger partial charge in [0.15, 0.2) is 5.82 Å².